The minimum Gasteiger partial charge on any atom is -0.412 e. The van der Waals surface area contributed by atoms with Gasteiger partial charge < -0.3 is 5.48 Å². The normalized spacial score (nSPS) is 9.42. The highest BCUT2D eigenvalue weighted by molar-refractivity contribution is 5.36. The van der Waals surface area contributed by atoms with Crippen LogP contribution in [0, 0.1) is 34.6 Å². The van der Waals surface area contributed by atoms with Crippen LogP contribution < -0.4 is 0 Å². The molecule has 0 aromatic carbocycles. The van der Waals surface area contributed by atoms with Crippen molar-refractivity contribution in [1.29, 1.82) is 0 Å². The first-order valence-corrected chi connectivity index (χ1v) is 3.95. The number of hydrogen-bond donors (Lipinski definition) is 0. The molecular weight excluding hydrogens is 150 g/mol. The molecule has 1 rings (SSSR count). The van der Waals surface area contributed by atoms with Crippen LogP contribution in [0.5, 0.6) is 0 Å². The van der Waals surface area contributed by atoms with Gasteiger partial charge in [-0.05, 0) is 51.3 Å². The van der Waals surface area contributed by atoms with E-state index >= 15 is 0 Å². The molecule has 2 heteroatoms. The lowest BCUT2D eigenvalue weighted by atomic mass is 10.0. The minimum absolute atomic E-state index is 0. The zero-order chi connectivity index (χ0) is 8.59. The maximum atomic E-state index is 4.43. The predicted octanol–water partition coefficient (Wildman–Crippen LogP) is 1.80. The molecule has 0 bridgehead atoms. The highest BCUT2D eigenvalue weighted by Gasteiger charge is 2.03. The van der Waals surface area contributed by atoms with Gasteiger partial charge in [0.25, 0.3) is 0 Å². The molecule has 0 atom stereocenters. The highest BCUT2D eigenvalue weighted by Crippen LogP contribution is 2.16. The van der Waals surface area contributed by atoms with Gasteiger partial charge in [-0.1, -0.05) is 0 Å². The first-order chi connectivity index (χ1) is 5.04. The van der Waals surface area contributed by atoms with Crippen molar-refractivity contribution in [2.24, 2.45) is 0 Å². The Morgan fingerprint density at radius 1 is 0.667 bits per heavy atom. The Morgan fingerprint density at radius 2 is 1.00 bits per heavy atom. The standard InChI is InChI=1S/C10H15N.H2O/c1-6-7(2)9(4)11-10(5)8(6)3;/h1-5H3;1H2. The molecule has 2 nitrogen and oxygen atoms in total. The minimum atomic E-state index is 0. The van der Waals surface area contributed by atoms with E-state index < -0.39 is 0 Å². The van der Waals surface area contributed by atoms with E-state index in [1.54, 1.807) is 0 Å². The summed E-state index contributed by atoms with van der Waals surface area (Å²) in [5.74, 6) is 0. The zero-order valence-corrected chi connectivity index (χ0v) is 8.45. The Hall–Kier alpha value is -0.890. The largest absolute Gasteiger partial charge is 0.412 e. The van der Waals surface area contributed by atoms with Crippen LogP contribution in [-0.4, -0.2) is 10.5 Å². The smallest absolute Gasteiger partial charge is 0.0407 e. The number of hydrogen-bond acceptors (Lipinski definition) is 1. The molecule has 0 aliphatic carbocycles. The Labute approximate surface area is 74.0 Å². The fourth-order valence-electron chi connectivity index (χ4n) is 1.24. The monoisotopic (exact) mass is 167 g/mol. The van der Waals surface area contributed by atoms with Gasteiger partial charge in [0.2, 0.25) is 0 Å². The van der Waals surface area contributed by atoms with Crippen molar-refractivity contribution < 1.29 is 5.48 Å². The maximum absolute atomic E-state index is 4.43. The van der Waals surface area contributed by atoms with E-state index in [1.165, 1.54) is 16.7 Å². The second kappa shape index (κ2) is 3.68. The molecule has 2 N–H and O–H groups in total. The Bertz CT molecular complexity index is 266. The van der Waals surface area contributed by atoms with Crippen molar-refractivity contribution in [3.63, 3.8) is 0 Å². The van der Waals surface area contributed by atoms with Gasteiger partial charge >= 0.3 is 0 Å². The summed E-state index contributed by atoms with van der Waals surface area (Å²) in [5.41, 5.74) is 6.35. The van der Waals surface area contributed by atoms with Gasteiger partial charge in [-0.2, -0.15) is 0 Å². The summed E-state index contributed by atoms with van der Waals surface area (Å²) in [5, 5.41) is 0. The van der Waals surface area contributed by atoms with Crippen molar-refractivity contribution in [3.05, 3.63) is 28.1 Å². The molecular formula is C10H17NO. The Balaban J connectivity index is 0.00000121. The van der Waals surface area contributed by atoms with Crippen molar-refractivity contribution in [1.82, 2.24) is 4.98 Å². The fourth-order valence-corrected chi connectivity index (χ4v) is 1.24. The lowest BCUT2D eigenvalue weighted by Crippen LogP contribution is -1.98. The first-order valence-electron chi connectivity index (χ1n) is 3.95. The quantitative estimate of drug-likeness (QED) is 0.581. The number of pyridine rings is 1. The van der Waals surface area contributed by atoms with Crippen LogP contribution in [-0.2, 0) is 0 Å². The SMILES string of the molecule is Cc1nc(C)c(C)c(C)c1C.O. The van der Waals surface area contributed by atoms with Crippen molar-refractivity contribution in [2.75, 3.05) is 0 Å². The lowest BCUT2D eigenvalue weighted by Gasteiger charge is -2.09. The van der Waals surface area contributed by atoms with Crippen LogP contribution in [0.15, 0.2) is 0 Å². The molecule has 0 unspecified atom stereocenters. The molecule has 0 aliphatic heterocycles. The Kier molecular flexibility index (Phi) is 3.40. The van der Waals surface area contributed by atoms with E-state index in [1.807, 2.05) is 0 Å². The summed E-state index contributed by atoms with van der Waals surface area (Å²) in [6.07, 6.45) is 0. The molecule has 0 radical (unpaired) electrons. The predicted molar refractivity (Wildman–Crippen MR) is 51.5 cm³/mol. The van der Waals surface area contributed by atoms with Crippen LogP contribution >= 0.6 is 0 Å². The van der Waals surface area contributed by atoms with Crippen LogP contribution in [0.25, 0.3) is 0 Å². The summed E-state index contributed by atoms with van der Waals surface area (Å²) in [6.45, 7) is 10.5. The second-order valence-electron chi connectivity index (χ2n) is 3.16. The van der Waals surface area contributed by atoms with Crippen LogP contribution in [0.3, 0.4) is 0 Å². The first kappa shape index (κ1) is 11.1. The summed E-state index contributed by atoms with van der Waals surface area (Å²) in [4.78, 5) is 4.43. The van der Waals surface area contributed by atoms with Crippen molar-refractivity contribution >= 4 is 0 Å². The molecule has 0 fully saturated rings. The average Bonchev–Trinajstić information content (AvgIpc) is 1.97. The fraction of sp³-hybridized carbons (Fsp3) is 0.500. The number of nitrogens with zero attached hydrogens (tertiary/aromatic N) is 1. The van der Waals surface area contributed by atoms with Gasteiger partial charge in [0.05, 0.1) is 0 Å². The Morgan fingerprint density at radius 3 is 1.33 bits per heavy atom. The molecule has 1 aromatic rings. The molecule has 1 heterocycles. The van der Waals surface area contributed by atoms with Gasteiger partial charge in [-0.3, -0.25) is 4.98 Å². The zero-order valence-electron chi connectivity index (χ0n) is 8.45. The van der Waals surface area contributed by atoms with Gasteiger partial charge in [0.15, 0.2) is 0 Å². The summed E-state index contributed by atoms with van der Waals surface area (Å²) in [7, 11) is 0. The molecule has 0 amide bonds. The molecule has 0 saturated heterocycles. The van der Waals surface area contributed by atoms with Crippen LogP contribution in [0.1, 0.15) is 28.1 Å². The van der Waals surface area contributed by atoms with Crippen molar-refractivity contribution in [2.45, 2.75) is 34.6 Å². The topological polar surface area (TPSA) is 44.4 Å². The van der Waals surface area contributed by atoms with E-state index in [-0.39, 0.29) is 5.48 Å². The molecule has 0 saturated carbocycles. The molecule has 68 valence electrons. The number of aromatic nitrogens is 1. The van der Waals surface area contributed by atoms with Gasteiger partial charge in [-0.25, -0.2) is 0 Å². The molecule has 0 spiro atoms. The average molecular weight is 167 g/mol. The van der Waals surface area contributed by atoms with Crippen molar-refractivity contribution in [3.8, 4) is 0 Å². The van der Waals surface area contributed by atoms with Crippen LogP contribution in [0.4, 0.5) is 0 Å². The molecule has 12 heavy (non-hydrogen) atoms. The third kappa shape index (κ3) is 1.64. The number of rotatable bonds is 0. The van der Waals surface area contributed by atoms with Crippen LogP contribution in [0.2, 0.25) is 0 Å². The van der Waals surface area contributed by atoms with E-state index in [0.717, 1.165) is 11.4 Å². The van der Waals surface area contributed by atoms with Gasteiger partial charge in [0.1, 0.15) is 0 Å². The van der Waals surface area contributed by atoms with E-state index in [9.17, 15) is 0 Å². The van der Waals surface area contributed by atoms with E-state index in [4.69, 9.17) is 0 Å². The summed E-state index contributed by atoms with van der Waals surface area (Å²) < 4.78 is 0. The van der Waals surface area contributed by atoms with E-state index in [0.29, 0.717) is 0 Å². The third-order valence-electron chi connectivity index (χ3n) is 2.55. The maximum Gasteiger partial charge on any atom is 0.0407 e. The summed E-state index contributed by atoms with van der Waals surface area (Å²) >= 11 is 0. The lowest BCUT2D eigenvalue weighted by molar-refractivity contribution is 0.824. The summed E-state index contributed by atoms with van der Waals surface area (Å²) in [6, 6.07) is 0. The van der Waals surface area contributed by atoms with Gasteiger partial charge in [0, 0.05) is 11.4 Å². The highest BCUT2D eigenvalue weighted by atomic mass is 16.0. The third-order valence-corrected chi connectivity index (χ3v) is 2.55. The molecule has 0 aliphatic rings. The van der Waals surface area contributed by atoms with Gasteiger partial charge in [-0.15, -0.1) is 0 Å². The number of aryl methyl sites for hydroxylation is 2. The molecule has 1 aromatic heterocycles. The second-order valence-corrected chi connectivity index (χ2v) is 3.16. The van der Waals surface area contributed by atoms with E-state index in [2.05, 4.69) is 39.6 Å².